The quantitative estimate of drug-likeness (QED) is 0.601. The molecular weight excluding hydrogens is 358 g/mol. The molecule has 142 valence electrons. The monoisotopic (exact) mass is 377 g/mol. The Morgan fingerprint density at radius 2 is 1.75 bits per heavy atom. The summed E-state index contributed by atoms with van der Waals surface area (Å²) in [6, 6.07) is 9.27. The van der Waals surface area contributed by atoms with Crippen molar-refractivity contribution >= 4 is 10.8 Å². The molecule has 0 spiro atoms. The summed E-state index contributed by atoms with van der Waals surface area (Å²) in [4.78, 5) is 4.20. The van der Waals surface area contributed by atoms with Crippen molar-refractivity contribution in [1.29, 1.82) is 5.26 Å². The van der Waals surface area contributed by atoms with Crippen molar-refractivity contribution < 1.29 is 20.1 Å². The van der Waals surface area contributed by atoms with E-state index in [-0.39, 0.29) is 17.5 Å². The first-order chi connectivity index (χ1) is 13.1. The summed E-state index contributed by atoms with van der Waals surface area (Å²) in [5, 5.41) is 43.8. The lowest BCUT2D eigenvalue weighted by atomic mass is 9.70. The fraction of sp³-hybridized carbons (Fsp3) is 0.333. The Hall–Kier alpha value is -3.08. The molecule has 1 fully saturated rings. The van der Waals surface area contributed by atoms with Gasteiger partial charge in [-0.15, -0.1) is 0 Å². The zero-order chi connectivity index (χ0) is 20.1. The third-order valence-electron chi connectivity index (χ3n) is 6.39. The Morgan fingerprint density at radius 1 is 1.11 bits per heavy atom. The van der Waals surface area contributed by atoms with E-state index in [9.17, 15) is 20.6 Å². The van der Waals surface area contributed by atoms with Gasteiger partial charge in [-0.25, -0.2) is 9.55 Å². The van der Waals surface area contributed by atoms with Crippen LogP contribution in [0.2, 0.25) is 0 Å². The molecule has 2 unspecified atom stereocenters. The number of aromatic hydroxyl groups is 2. The van der Waals surface area contributed by atoms with Gasteiger partial charge < -0.3 is 20.1 Å². The first-order valence-corrected chi connectivity index (χ1v) is 9.03. The number of hydrogen-bond donors (Lipinski definition) is 3. The number of fused-ring (bicyclic) bond motifs is 6. The van der Waals surface area contributed by atoms with Crippen LogP contribution < -0.4 is 0 Å². The fourth-order valence-electron chi connectivity index (χ4n) is 5.06. The van der Waals surface area contributed by atoms with Gasteiger partial charge >= 0.3 is 0 Å². The third-order valence-corrected chi connectivity index (χ3v) is 6.39. The molecule has 7 heteroatoms. The van der Waals surface area contributed by atoms with Crippen LogP contribution in [0, 0.1) is 11.3 Å². The molecule has 2 aliphatic heterocycles. The number of pyridine rings is 1. The summed E-state index contributed by atoms with van der Waals surface area (Å²) in [5.74, 6) is -0.346. The minimum absolute atomic E-state index is 0.147. The van der Waals surface area contributed by atoms with Gasteiger partial charge in [0.05, 0.1) is 28.6 Å². The third kappa shape index (κ3) is 1.72. The summed E-state index contributed by atoms with van der Waals surface area (Å²) >= 11 is 0. The maximum absolute atomic E-state index is 11.1. The number of benzene rings is 1. The summed E-state index contributed by atoms with van der Waals surface area (Å²) in [6.45, 7) is 5.20. The lowest BCUT2D eigenvalue weighted by Crippen LogP contribution is -2.44. The van der Waals surface area contributed by atoms with E-state index < -0.39 is 16.8 Å². The molecule has 0 radical (unpaired) electrons. The molecule has 0 amide bonds. The second-order valence-corrected chi connectivity index (χ2v) is 8.20. The molecule has 3 N–H and O–H groups in total. The van der Waals surface area contributed by atoms with Crippen LogP contribution in [0.1, 0.15) is 44.0 Å². The zero-order valence-electron chi connectivity index (χ0n) is 15.7. The molecule has 28 heavy (non-hydrogen) atoms. The van der Waals surface area contributed by atoms with Gasteiger partial charge in [-0.05, 0) is 20.8 Å². The highest BCUT2D eigenvalue weighted by molar-refractivity contribution is 5.93. The van der Waals surface area contributed by atoms with Crippen molar-refractivity contribution in [2.75, 3.05) is 0 Å². The van der Waals surface area contributed by atoms with Crippen molar-refractivity contribution in [1.82, 2.24) is 9.55 Å². The molecule has 3 atom stereocenters. The SMILES string of the molecule is CC12C[C@](C)(O)C(C)(O1)c1c2c(O)n(-c2cnc(C#N)c3ccccc23)c1O. The van der Waals surface area contributed by atoms with E-state index in [1.54, 1.807) is 32.9 Å². The molecule has 1 aromatic carbocycles. The van der Waals surface area contributed by atoms with Crippen LogP contribution in [0.3, 0.4) is 0 Å². The van der Waals surface area contributed by atoms with E-state index in [1.165, 1.54) is 10.8 Å². The molecule has 2 aromatic heterocycles. The van der Waals surface area contributed by atoms with E-state index in [4.69, 9.17) is 4.74 Å². The first kappa shape index (κ1) is 17.0. The van der Waals surface area contributed by atoms with E-state index in [0.717, 1.165) is 0 Å². The molecule has 2 aliphatic rings. The van der Waals surface area contributed by atoms with E-state index >= 15 is 0 Å². The van der Waals surface area contributed by atoms with Crippen LogP contribution >= 0.6 is 0 Å². The van der Waals surface area contributed by atoms with Crippen molar-refractivity contribution in [2.45, 2.75) is 44.0 Å². The predicted octanol–water partition coefficient (Wildman–Crippen LogP) is 2.92. The normalized spacial score (nSPS) is 30.5. The Balaban J connectivity index is 1.86. The van der Waals surface area contributed by atoms with Crippen molar-refractivity contribution in [2.24, 2.45) is 0 Å². The summed E-state index contributed by atoms with van der Waals surface area (Å²) in [7, 11) is 0. The smallest absolute Gasteiger partial charge is 0.205 e. The van der Waals surface area contributed by atoms with Gasteiger partial charge in [0, 0.05) is 17.2 Å². The van der Waals surface area contributed by atoms with Gasteiger partial charge in [-0.2, -0.15) is 5.26 Å². The lowest BCUT2D eigenvalue weighted by Gasteiger charge is -2.35. The largest absolute Gasteiger partial charge is 0.494 e. The van der Waals surface area contributed by atoms with Gasteiger partial charge in [-0.3, -0.25) is 0 Å². The number of aliphatic hydroxyl groups is 1. The van der Waals surface area contributed by atoms with Crippen LogP contribution in [0.25, 0.3) is 16.5 Å². The maximum Gasteiger partial charge on any atom is 0.205 e. The van der Waals surface area contributed by atoms with Crippen molar-refractivity contribution in [3.63, 3.8) is 0 Å². The average Bonchev–Trinajstić information content (AvgIpc) is 3.12. The van der Waals surface area contributed by atoms with Gasteiger partial charge in [0.2, 0.25) is 11.8 Å². The topological polar surface area (TPSA) is 112 Å². The van der Waals surface area contributed by atoms with Crippen LogP contribution in [-0.2, 0) is 15.9 Å². The summed E-state index contributed by atoms with van der Waals surface area (Å²) in [5.41, 5.74) is -1.69. The minimum atomic E-state index is -1.20. The second kappa shape index (κ2) is 4.85. The Kier molecular flexibility index (Phi) is 2.95. The molecule has 5 rings (SSSR count). The number of ether oxygens (including phenoxy) is 1. The molecule has 1 saturated heterocycles. The average molecular weight is 377 g/mol. The van der Waals surface area contributed by atoms with Crippen LogP contribution in [-0.4, -0.2) is 30.5 Å². The summed E-state index contributed by atoms with van der Waals surface area (Å²) < 4.78 is 7.43. The van der Waals surface area contributed by atoms with E-state index in [1.807, 2.05) is 12.1 Å². The standard InChI is InChI=1S/C21H19N3O4/c1-19-10-20(2,27)21(3,28-19)16-15(19)17(25)24(18(16)26)14-9-23-13(8-22)11-6-4-5-7-12(11)14/h4-7,9,25-27H,10H2,1-3H3/t19?,20-,21?/m0/s1. The van der Waals surface area contributed by atoms with Gasteiger partial charge in [0.1, 0.15) is 23.0 Å². The van der Waals surface area contributed by atoms with Gasteiger partial charge in [0.25, 0.3) is 0 Å². The minimum Gasteiger partial charge on any atom is -0.494 e. The van der Waals surface area contributed by atoms with Gasteiger partial charge in [-0.1, -0.05) is 24.3 Å². The maximum atomic E-state index is 11.1. The number of aromatic nitrogens is 2. The highest BCUT2D eigenvalue weighted by atomic mass is 16.6. The number of hydrogen-bond acceptors (Lipinski definition) is 6. The molecule has 4 heterocycles. The lowest BCUT2D eigenvalue weighted by molar-refractivity contribution is -0.126. The van der Waals surface area contributed by atoms with Crippen LogP contribution in [0.5, 0.6) is 11.8 Å². The van der Waals surface area contributed by atoms with Crippen LogP contribution in [0.4, 0.5) is 0 Å². The number of nitrogens with zero attached hydrogens (tertiary/aromatic N) is 3. The second-order valence-electron chi connectivity index (χ2n) is 8.20. The van der Waals surface area contributed by atoms with E-state index in [0.29, 0.717) is 34.0 Å². The molecule has 0 aliphatic carbocycles. The Labute approximate surface area is 161 Å². The number of nitriles is 1. The molecule has 0 saturated carbocycles. The van der Waals surface area contributed by atoms with Crippen LogP contribution in [0.15, 0.2) is 30.5 Å². The number of rotatable bonds is 1. The van der Waals surface area contributed by atoms with Gasteiger partial charge in [0.15, 0.2) is 0 Å². The zero-order valence-corrected chi connectivity index (χ0v) is 15.7. The van der Waals surface area contributed by atoms with Crippen molar-refractivity contribution in [3.8, 4) is 23.5 Å². The first-order valence-electron chi connectivity index (χ1n) is 9.03. The fourth-order valence-corrected chi connectivity index (χ4v) is 5.06. The predicted molar refractivity (Wildman–Crippen MR) is 100 cm³/mol. The highest BCUT2D eigenvalue weighted by Crippen LogP contribution is 2.67. The molecular formula is C21H19N3O4. The summed E-state index contributed by atoms with van der Waals surface area (Å²) in [6.07, 6.45) is 1.76. The van der Waals surface area contributed by atoms with E-state index in [2.05, 4.69) is 11.1 Å². The molecule has 7 nitrogen and oxygen atoms in total. The highest BCUT2D eigenvalue weighted by Gasteiger charge is 2.69. The molecule has 3 aromatic rings. The molecule has 2 bridgehead atoms. The Morgan fingerprint density at radius 3 is 2.43 bits per heavy atom. The Bertz CT molecular complexity index is 1220. The van der Waals surface area contributed by atoms with Crippen molar-refractivity contribution in [3.05, 3.63) is 47.3 Å².